The number of rotatable bonds is 5. The minimum absolute atomic E-state index is 0.130. The molecule has 3 aromatic rings. The van der Waals surface area contributed by atoms with E-state index in [1.165, 1.54) is 11.8 Å². The minimum atomic E-state index is -0.130. The van der Waals surface area contributed by atoms with E-state index in [1.807, 2.05) is 44.2 Å². The Balaban J connectivity index is 1.67. The van der Waals surface area contributed by atoms with E-state index in [-0.39, 0.29) is 11.7 Å². The molecule has 1 aromatic heterocycles. The highest BCUT2D eigenvalue weighted by Gasteiger charge is 2.13. The van der Waals surface area contributed by atoms with Crippen molar-refractivity contribution in [2.75, 3.05) is 11.1 Å². The number of thioether (sulfide) groups is 1. The van der Waals surface area contributed by atoms with E-state index >= 15 is 0 Å². The van der Waals surface area contributed by atoms with Crippen molar-refractivity contribution in [2.45, 2.75) is 19.0 Å². The lowest BCUT2D eigenvalue weighted by molar-refractivity contribution is -0.113. The van der Waals surface area contributed by atoms with Gasteiger partial charge >= 0.3 is 0 Å². The lowest BCUT2D eigenvalue weighted by Gasteiger charge is -2.09. The lowest BCUT2D eigenvalue weighted by Crippen LogP contribution is -2.15. The molecule has 0 aliphatic heterocycles. The van der Waals surface area contributed by atoms with Crippen molar-refractivity contribution in [3.8, 4) is 5.69 Å². The average molecular weight is 374 g/mol. The highest BCUT2D eigenvalue weighted by molar-refractivity contribution is 7.99. The Kier molecular flexibility index (Phi) is 5.35. The molecule has 25 heavy (non-hydrogen) atoms. The third kappa shape index (κ3) is 4.18. The van der Waals surface area contributed by atoms with Gasteiger partial charge in [0.1, 0.15) is 0 Å². The van der Waals surface area contributed by atoms with Gasteiger partial charge in [0.25, 0.3) is 0 Å². The van der Waals surface area contributed by atoms with E-state index in [2.05, 4.69) is 20.8 Å². The highest BCUT2D eigenvalue weighted by atomic mass is 35.5. The molecule has 0 fully saturated rings. The van der Waals surface area contributed by atoms with Crippen LogP contribution in [0.25, 0.3) is 5.69 Å². The number of nitrogens with one attached hydrogen (secondary N) is 1. The molecule has 0 atom stereocenters. The molecular formula is C17H16ClN5OS. The minimum Gasteiger partial charge on any atom is -0.325 e. The molecule has 0 saturated heterocycles. The van der Waals surface area contributed by atoms with Gasteiger partial charge in [-0.1, -0.05) is 41.6 Å². The fourth-order valence-corrected chi connectivity index (χ4v) is 3.22. The summed E-state index contributed by atoms with van der Waals surface area (Å²) in [6.45, 7) is 3.88. The number of carbonyl (C=O) groups is 1. The molecule has 8 heteroatoms. The van der Waals surface area contributed by atoms with Crippen LogP contribution in [-0.4, -0.2) is 31.9 Å². The van der Waals surface area contributed by atoms with Crippen molar-refractivity contribution < 1.29 is 4.79 Å². The second-order valence-corrected chi connectivity index (χ2v) is 6.83. The maximum Gasteiger partial charge on any atom is 0.234 e. The van der Waals surface area contributed by atoms with E-state index < -0.39 is 0 Å². The first-order valence-electron chi connectivity index (χ1n) is 7.58. The van der Waals surface area contributed by atoms with Gasteiger partial charge in [-0.2, -0.15) is 4.68 Å². The smallest absolute Gasteiger partial charge is 0.234 e. The highest BCUT2D eigenvalue weighted by Crippen LogP contribution is 2.22. The number of carbonyl (C=O) groups excluding carboxylic acids is 1. The topological polar surface area (TPSA) is 72.7 Å². The molecule has 3 rings (SSSR count). The number of aryl methyl sites for hydroxylation is 2. The van der Waals surface area contributed by atoms with Crippen LogP contribution in [0.1, 0.15) is 11.1 Å². The number of halogens is 1. The molecule has 0 aliphatic carbocycles. The van der Waals surface area contributed by atoms with Gasteiger partial charge < -0.3 is 5.32 Å². The quantitative estimate of drug-likeness (QED) is 0.691. The maximum atomic E-state index is 12.2. The second kappa shape index (κ2) is 7.67. The number of benzene rings is 2. The van der Waals surface area contributed by atoms with Crippen molar-refractivity contribution >= 4 is 35.0 Å². The molecule has 1 N–H and O–H groups in total. The van der Waals surface area contributed by atoms with Crippen LogP contribution in [0.2, 0.25) is 5.02 Å². The molecule has 1 heterocycles. The summed E-state index contributed by atoms with van der Waals surface area (Å²) in [6.07, 6.45) is 0. The zero-order valence-corrected chi connectivity index (χ0v) is 15.3. The summed E-state index contributed by atoms with van der Waals surface area (Å²) in [7, 11) is 0. The van der Waals surface area contributed by atoms with Gasteiger partial charge in [-0.25, -0.2) is 0 Å². The van der Waals surface area contributed by atoms with Crippen LogP contribution in [0.3, 0.4) is 0 Å². The number of amides is 1. The van der Waals surface area contributed by atoms with E-state index in [9.17, 15) is 4.79 Å². The Morgan fingerprint density at radius 3 is 2.76 bits per heavy atom. The Labute approximate surface area is 154 Å². The first kappa shape index (κ1) is 17.4. The predicted molar refractivity (Wildman–Crippen MR) is 99.4 cm³/mol. The molecule has 0 aliphatic rings. The van der Waals surface area contributed by atoms with Crippen molar-refractivity contribution in [2.24, 2.45) is 0 Å². The summed E-state index contributed by atoms with van der Waals surface area (Å²) < 4.78 is 1.64. The average Bonchev–Trinajstić information content (AvgIpc) is 3.04. The number of hydrogen-bond donors (Lipinski definition) is 1. The fraction of sp³-hybridized carbons (Fsp3) is 0.176. The van der Waals surface area contributed by atoms with E-state index in [0.29, 0.717) is 10.2 Å². The Morgan fingerprint density at radius 1 is 1.20 bits per heavy atom. The lowest BCUT2D eigenvalue weighted by atomic mass is 10.2. The number of para-hydroxylation sites is 1. The summed E-state index contributed by atoms with van der Waals surface area (Å²) in [5, 5.41) is 15.8. The Morgan fingerprint density at radius 2 is 2.00 bits per heavy atom. The SMILES string of the molecule is Cc1cc(Cl)ccc1NC(=O)CSc1nnnn1-c1ccccc1C. The maximum absolute atomic E-state index is 12.2. The van der Waals surface area contributed by atoms with Crippen molar-refractivity contribution in [1.29, 1.82) is 0 Å². The van der Waals surface area contributed by atoms with Gasteiger partial charge in [-0.15, -0.1) is 5.10 Å². The Hall–Kier alpha value is -2.38. The van der Waals surface area contributed by atoms with Gasteiger partial charge in [0.15, 0.2) is 0 Å². The summed E-state index contributed by atoms with van der Waals surface area (Å²) in [5.74, 6) is 0.0728. The molecule has 6 nitrogen and oxygen atoms in total. The standard InChI is InChI=1S/C17H16ClN5OS/c1-11-5-3-4-6-15(11)23-17(20-21-22-23)25-10-16(24)19-14-8-7-13(18)9-12(14)2/h3-9H,10H2,1-2H3,(H,19,24). The molecule has 0 saturated carbocycles. The molecular weight excluding hydrogens is 358 g/mol. The van der Waals surface area contributed by atoms with Crippen LogP contribution in [0, 0.1) is 13.8 Å². The van der Waals surface area contributed by atoms with Gasteiger partial charge in [-0.05, 0) is 59.7 Å². The number of tetrazole rings is 1. The number of aromatic nitrogens is 4. The predicted octanol–water partition coefficient (Wildman–Crippen LogP) is 3.66. The van der Waals surface area contributed by atoms with Crippen molar-refractivity contribution in [1.82, 2.24) is 20.2 Å². The van der Waals surface area contributed by atoms with Crippen LogP contribution in [-0.2, 0) is 4.79 Å². The second-order valence-electron chi connectivity index (χ2n) is 5.46. The summed E-state index contributed by atoms with van der Waals surface area (Å²) in [5.41, 5.74) is 3.60. The van der Waals surface area contributed by atoms with E-state index in [4.69, 9.17) is 11.6 Å². The van der Waals surface area contributed by atoms with Crippen LogP contribution in [0.15, 0.2) is 47.6 Å². The molecule has 0 radical (unpaired) electrons. The summed E-state index contributed by atoms with van der Waals surface area (Å²) >= 11 is 7.21. The van der Waals surface area contributed by atoms with Gasteiger partial charge in [0.05, 0.1) is 11.4 Å². The third-order valence-electron chi connectivity index (χ3n) is 3.58. The molecule has 128 valence electrons. The van der Waals surface area contributed by atoms with Gasteiger partial charge in [-0.3, -0.25) is 4.79 Å². The normalized spacial score (nSPS) is 10.7. The van der Waals surface area contributed by atoms with Gasteiger partial charge in [0, 0.05) is 10.7 Å². The van der Waals surface area contributed by atoms with E-state index in [0.717, 1.165) is 22.5 Å². The van der Waals surface area contributed by atoms with Crippen LogP contribution < -0.4 is 5.32 Å². The first-order chi connectivity index (χ1) is 12.0. The molecule has 1 amide bonds. The molecule has 2 aromatic carbocycles. The fourth-order valence-electron chi connectivity index (χ4n) is 2.30. The van der Waals surface area contributed by atoms with Crippen molar-refractivity contribution in [3.63, 3.8) is 0 Å². The van der Waals surface area contributed by atoms with Crippen LogP contribution >= 0.6 is 23.4 Å². The largest absolute Gasteiger partial charge is 0.325 e. The third-order valence-corrected chi connectivity index (χ3v) is 4.73. The number of nitrogens with zero attached hydrogens (tertiary/aromatic N) is 4. The zero-order valence-electron chi connectivity index (χ0n) is 13.7. The van der Waals surface area contributed by atoms with Crippen LogP contribution in [0.5, 0.6) is 0 Å². The number of hydrogen-bond acceptors (Lipinski definition) is 5. The first-order valence-corrected chi connectivity index (χ1v) is 8.94. The molecule has 0 bridgehead atoms. The molecule has 0 spiro atoms. The summed E-state index contributed by atoms with van der Waals surface area (Å²) in [6, 6.07) is 13.2. The molecule has 0 unspecified atom stereocenters. The van der Waals surface area contributed by atoms with Gasteiger partial charge in [0.2, 0.25) is 11.1 Å². The van der Waals surface area contributed by atoms with Crippen molar-refractivity contribution in [3.05, 3.63) is 58.6 Å². The summed E-state index contributed by atoms with van der Waals surface area (Å²) in [4.78, 5) is 12.2. The Bertz CT molecular complexity index is 912. The monoisotopic (exact) mass is 373 g/mol. The van der Waals surface area contributed by atoms with E-state index in [1.54, 1.807) is 16.8 Å². The number of anilines is 1. The zero-order chi connectivity index (χ0) is 17.8. The van der Waals surface area contributed by atoms with Crippen LogP contribution in [0.4, 0.5) is 5.69 Å².